The first-order valence-corrected chi connectivity index (χ1v) is 10.5. The predicted octanol–water partition coefficient (Wildman–Crippen LogP) is 3.11. The summed E-state index contributed by atoms with van der Waals surface area (Å²) in [5.41, 5.74) is 1.18. The van der Waals surface area contributed by atoms with Crippen LogP contribution in [0.2, 0.25) is 0 Å². The molecule has 0 fully saturated rings. The van der Waals surface area contributed by atoms with Crippen LogP contribution in [0.25, 0.3) is 0 Å². The number of carbonyl (C=O) groups is 1. The van der Waals surface area contributed by atoms with Crippen molar-refractivity contribution in [1.29, 1.82) is 0 Å². The van der Waals surface area contributed by atoms with E-state index in [9.17, 15) is 17.6 Å². The fourth-order valence-corrected chi connectivity index (χ4v) is 4.80. The van der Waals surface area contributed by atoms with Gasteiger partial charge in [0.25, 0.3) is 5.91 Å². The molecule has 2 aromatic rings. The zero-order valence-corrected chi connectivity index (χ0v) is 16.8. The topological polar surface area (TPSA) is 75.7 Å². The molecule has 1 N–H and O–H groups in total. The van der Waals surface area contributed by atoms with E-state index in [1.807, 2.05) is 0 Å². The minimum absolute atomic E-state index is 0.125. The van der Waals surface area contributed by atoms with Crippen LogP contribution in [0.5, 0.6) is 5.75 Å². The SMILES string of the molecule is COc1ccc(C(=O)N2CCCc3cccc(F)c32)cc1S(=O)(=O)NC(C)C. The van der Waals surface area contributed by atoms with E-state index in [1.165, 1.54) is 36.3 Å². The molecule has 0 saturated carbocycles. The maximum absolute atomic E-state index is 14.4. The molecule has 6 nitrogen and oxygen atoms in total. The van der Waals surface area contributed by atoms with Gasteiger partial charge in [0.05, 0.1) is 12.8 Å². The Hall–Kier alpha value is -2.45. The van der Waals surface area contributed by atoms with Gasteiger partial charge in [0.1, 0.15) is 16.5 Å². The fraction of sp³-hybridized carbons (Fsp3) is 0.350. The van der Waals surface area contributed by atoms with E-state index >= 15 is 0 Å². The summed E-state index contributed by atoms with van der Waals surface area (Å²) in [5.74, 6) is -0.780. The Bertz CT molecular complexity index is 1010. The maximum atomic E-state index is 14.4. The van der Waals surface area contributed by atoms with Crippen molar-refractivity contribution >= 4 is 21.6 Å². The summed E-state index contributed by atoms with van der Waals surface area (Å²) in [5, 5.41) is 0. The zero-order chi connectivity index (χ0) is 20.5. The van der Waals surface area contributed by atoms with Gasteiger partial charge in [0.15, 0.2) is 0 Å². The number of fused-ring (bicyclic) bond motifs is 1. The Morgan fingerprint density at radius 3 is 2.68 bits per heavy atom. The molecule has 150 valence electrons. The lowest BCUT2D eigenvalue weighted by atomic mass is 10.0. The van der Waals surface area contributed by atoms with E-state index in [2.05, 4.69) is 4.72 Å². The highest BCUT2D eigenvalue weighted by Gasteiger charge is 2.28. The first-order valence-electron chi connectivity index (χ1n) is 9.04. The third-order valence-electron chi connectivity index (χ3n) is 4.50. The Morgan fingerprint density at radius 2 is 2.00 bits per heavy atom. The number of halogens is 1. The van der Waals surface area contributed by atoms with Crippen LogP contribution in [-0.2, 0) is 16.4 Å². The number of carbonyl (C=O) groups excluding carboxylic acids is 1. The van der Waals surface area contributed by atoms with Gasteiger partial charge < -0.3 is 9.64 Å². The second kappa shape index (κ2) is 7.89. The summed E-state index contributed by atoms with van der Waals surface area (Å²) in [6, 6.07) is 8.63. The number of ether oxygens (including phenoxy) is 1. The minimum atomic E-state index is -3.88. The van der Waals surface area contributed by atoms with Gasteiger partial charge in [-0.1, -0.05) is 12.1 Å². The number of hydrogen-bond acceptors (Lipinski definition) is 4. The van der Waals surface area contributed by atoms with Crippen molar-refractivity contribution in [1.82, 2.24) is 4.72 Å². The van der Waals surface area contributed by atoms with Crippen LogP contribution in [0, 0.1) is 5.82 Å². The molecule has 0 atom stereocenters. The molecule has 0 radical (unpaired) electrons. The molecule has 2 aromatic carbocycles. The van der Waals surface area contributed by atoms with E-state index in [0.29, 0.717) is 19.4 Å². The second-order valence-corrected chi connectivity index (χ2v) is 8.63. The van der Waals surface area contributed by atoms with Crippen LogP contribution < -0.4 is 14.4 Å². The number of hydrogen-bond donors (Lipinski definition) is 1. The molecule has 1 heterocycles. The van der Waals surface area contributed by atoms with Crippen molar-refractivity contribution in [3.05, 3.63) is 53.3 Å². The highest BCUT2D eigenvalue weighted by atomic mass is 32.2. The fourth-order valence-electron chi connectivity index (χ4n) is 3.36. The Labute approximate surface area is 164 Å². The van der Waals surface area contributed by atoms with Gasteiger partial charge in [-0.25, -0.2) is 17.5 Å². The van der Waals surface area contributed by atoms with Crippen LogP contribution in [0.15, 0.2) is 41.3 Å². The van der Waals surface area contributed by atoms with Gasteiger partial charge in [0, 0.05) is 18.2 Å². The molecule has 0 saturated heterocycles. The van der Waals surface area contributed by atoms with Gasteiger partial charge in [-0.2, -0.15) is 0 Å². The molecular formula is C20H23FN2O4S. The van der Waals surface area contributed by atoms with Crippen molar-refractivity contribution in [3.8, 4) is 5.75 Å². The molecular weight excluding hydrogens is 383 g/mol. The summed E-state index contributed by atoms with van der Waals surface area (Å²) in [4.78, 5) is 14.4. The third kappa shape index (κ3) is 3.88. The van der Waals surface area contributed by atoms with Crippen molar-refractivity contribution < 1.29 is 22.3 Å². The molecule has 3 rings (SSSR count). The number of methoxy groups -OCH3 is 1. The lowest BCUT2D eigenvalue weighted by molar-refractivity contribution is 0.0984. The van der Waals surface area contributed by atoms with E-state index in [-0.39, 0.29) is 27.9 Å². The quantitative estimate of drug-likeness (QED) is 0.828. The summed E-state index contributed by atoms with van der Waals surface area (Å²) < 4.78 is 47.4. The molecule has 0 aromatic heterocycles. The Morgan fingerprint density at radius 1 is 1.25 bits per heavy atom. The van der Waals surface area contributed by atoms with Crippen molar-refractivity contribution in [2.45, 2.75) is 37.6 Å². The highest BCUT2D eigenvalue weighted by molar-refractivity contribution is 7.89. The van der Waals surface area contributed by atoms with E-state index in [1.54, 1.807) is 26.0 Å². The molecule has 1 amide bonds. The van der Waals surface area contributed by atoms with Gasteiger partial charge in [-0.3, -0.25) is 4.79 Å². The Kier molecular flexibility index (Phi) is 5.71. The van der Waals surface area contributed by atoms with Crippen LogP contribution in [0.3, 0.4) is 0 Å². The normalized spacial score (nSPS) is 14.1. The number of nitrogens with one attached hydrogen (secondary N) is 1. The molecule has 0 bridgehead atoms. The molecule has 8 heteroatoms. The lowest BCUT2D eigenvalue weighted by Crippen LogP contribution is -2.36. The zero-order valence-electron chi connectivity index (χ0n) is 16.0. The first-order chi connectivity index (χ1) is 13.2. The Balaban J connectivity index is 2.04. The number of anilines is 1. The smallest absolute Gasteiger partial charge is 0.258 e. The summed E-state index contributed by atoms with van der Waals surface area (Å²) in [6.07, 6.45) is 1.40. The van der Waals surface area contributed by atoms with Crippen LogP contribution >= 0.6 is 0 Å². The van der Waals surface area contributed by atoms with Crippen molar-refractivity contribution in [3.63, 3.8) is 0 Å². The number of aryl methyl sites for hydroxylation is 1. The highest BCUT2D eigenvalue weighted by Crippen LogP contribution is 2.32. The van der Waals surface area contributed by atoms with Crippen LogP contribution in [-0.4, -0.2) is 34.0 Å². The summed E-state index contributed by atoms with van der Waals surface area (Å²) in [7, 11) is -2.51. The average molecular weight is 406 g/mol. The van der Waals surface area contributed by atoms with Crippen LogP contribution in [0.1, 0.15) is 36.2 Å². The largest absolute Gasteiger partial charge is 0.495 e. The average Bonchev–Trinajstić information content (AvgIpc) is 2.65. The van der Waals surface area contributed by atoms with Gasteiger partial charge in [0.2, 0.25) is 10.0 Å². The summed E-state index contributed by atoms with van der Waals surface area (Å²) >= 11 is 0. The lowest BCUT2D eigenvalue weighted by Gasteiger charge is -2.30. The van der Waals surface area contributed by atoms with E-state index < -0.39 is 21.7 Å². The van der Waals surface area contributed by atoms with Gasteiger partial charge in [-0.15, -0.1) is 0 Å². The standard InChI is InChI=1S/C20H23FN2O4S/c1-13(2)22-28(25,26)18-12-15(9-10-17(18)27-3)20(24)23-11-5-7-14-6-4-8-16(21)19(14)23/h4,6,8-10,12-13,22H,5,7,11H2,1-3H3. The minimum Gasteiger partial charge on any atom is -0.495 e. The number of rotatable bonds is 5. The molecule has 0 unspecified atom stereocenters. The first kappa shape index (κ1) is 20.3. The molecule has 0 spiro atoms. The monoisotopic (exact) mass is 406 g/mol. The third-order valence-corrected chi connectivity index (χ3v) is 6.18. The number of nitrogens with zero attached hydrogens (tertiary/aromatic N) is 1. The van der Waals surface area contributed by atoms with Crippen LogP contribution in [0.4, 0.5) is 10.1 Å². The molecule has 0 aliphatic carbocycles. The van der Waals surface area contributed by atoms with E-state index in [4.69, 9.17) is 4.74 Å². The van der Waals surface area contributed by atoms with Crippen molar-refractivity contribution in [2.75, 3.05) is 18.6 Å². The van der Waals surface area contributed by atoms with Gasteiger partial charge in [-0.05, 0) is 56.5 Å². The summed E-state index contributed by atoms with van der Waals surface area (Å²) in [6.45, 7) is 3.77. The maximum Gasteiger partial charge on any atom is 0.258 e. The molecule has 1 aliphatic heterocycles. The number of amides is 1. The molecule has 1 aliphatic rings. The predicted molar refractivity (Wildman–Crippen MR) is 105 cm³/mol. The van der Waals surface area contributed by atoms with Crippen molar-refractivity contribution in [2.24, 2.45) is 0 Å². The second-order valence-electron chi connectivity index (χ2n) is 6.95. The molecule has 28 heavy (non-hydrogen) atoms. The number of sulfonamides is 1. The van der Waals surface area contributed by atoms with E-state index in [0.717, 1.165) is 5.56 Å². The number of para-hydroxylation sites is 1. The number of benzene rings is 2. The van der Waals surface area contributed by atoms with Gasteiger partial charge >= 0.3 is 0 Å².